The molecule has 0 saturated heterocycles. The summed E-state index contributed by atoms with van der Waals surface area (Å²) in [4.78, 5) is 0. The lowest BCUT2D eigenvalue weighted by molar-refractivity contribution is 0.465. The van der Waals surface area contributed by atoms with Crippen molar-refractivity contribution >= 4 is 0 Å². The van der Waals surface area contributed by atoms with E-state index in [4.69, 9.17) is 0 Å². The van der Waals surface area contributed by atoms with Crippen LogP contribution in [0.2, 0.25) is 0 Å². The average molecular weight is 221 g/mol. The average Bonchev–Trinajstić information content (AvgIpc) is 2.94. The normalized spacial score (nSPS) is 19.1. The molecule has 0 radical (unpaired) electrons. The third-order valence-corrected chi connectivity index (χ3v) is 3.52. The monoisotopic (exact) mass is 221 g/mol. The van der Waals surface area contributed by atoms with E-state index in [9.17, 15) is 0 Å². The highest BCUT2D eigenvalue weighted by molar-refractivity contribution is 5.09. The Bertz CT molecular complexity index is 313. The van der Waals surface area contributed by atoms with Crippen molar-refractivity contribution in [3.05, 3.63) is 18.0 Å². The highest BCUT2D eigenvalue weighted by Gasteiger charge is 2.18. The fraction of sp³-hybridized carbons (Fsp3) is 0.769. The smallest absolute Gasteiger partial charge is 0.0537 e. The van der Waals surface area contributed by atoms with Crippen LogP contribution in [0.25, 0.3) is 0 Å². The molecule has 0 amide bonds. The first kappa shape index (κ1) is 11.6. The van der Waals surface area contributed by atoms with Gasteiger partial charge in [0.25, 0.3) is 0 Å². The second-order valence-corrected chi connectivity index (χ2v) is 4.87. The molecule has 2 rings (SSSR count). The third-order valence-electron chi connectivity index (χ3n) is 3.52. The zero-order valence-electron chi connectivity index (χ0n) is 10.4. The standard InChI is InChI=1S/C13H23N3/c1-3-8-14-11(2)12-9-15-16(10-12)13-6-4-5-7-13/h9-11,13-14H,3-8H2,1-2H3. The van der Waals surface area contributed by atoms with E-state index in [2.05, 4.69) is 35.1 Å². The maximum atomic E-state index is 4.50. The summed E-state index contributed by atoms with van der Waals surface area (Å²) in [6.45, 7) is 5.49. The molecule has 1 heterocycles. The minimum absolute atomic E-state index is 0.426. The van der Waals surface area contributed by atoms with E-state index < -0.39 is 0 Å². The first-order valence-corrected chi connectivity index (χ1v) is 6.58. The fourth-order valence-electron chi connectivity index (χ4n) is 2.42. The number of hydrogen-bond acceptors (Lipinski definition) is 2. The summed E-state index contributed by atoms with van der Waals surface area (Å²) < 4.78 is 2.17. The Morgan fingerprint density at radius 2 is 2.25 bits per heavy atom. The first-order valence-electron chi connectivity index (χ1n) is 6.58. The molecule has 16 heavy (non-hydrogen) atoms. The minimum Gasteiger partial charge on any atom is -0.310 e. The second kappa shape index (κ2) is 5.48. The number of rotatable bonds is 5. The number of nitrogens with zero attached hydrogens (tertiary/aromatic N) is 2. The van der Waals surface area contributed by atoms with Gasteiger partial charge in [-0.2, -0.15) is 5.10 Å². The SMILES string of the molecule is CCCNC(C)c1cnn(C2CCCC2)c1. The van der Waals surface area contributed by atoms with Crippen LogP contribution < -0.4 is 5.32 Å². The molecule has 1 saturated carbocycles. The van der Waals surface area contributed by atoms with Crippen LogP contribution in [0.4, 0.5) is 0 Å². The van der Waals surface area contributed by atoms with Gasteiger partial charge in [-0.25, -0.2) is 0 Å². The molecule has 0 aromatic carbocycles. The Hall–Kier alpha value is -0.830. The van der Waals surface area contributed by atoms with Crippen molar-refractivity contribution in [3.8, 4) is 0 Å². The lowest BCUT2D eigenvalue weighted by atomic mass is 10.2. The number of aromatic nitrogens is 2. The molecule has 1 aromatic heterocycles. The maximum Gasteiger partial charge on any atom is 0.0537 e. The van der Waals surface area contributed by atoms with Crippen molar-refractivity contribution in [2.75, 3.05) is 6.54 Å². The van der Waals surface area contributed by atoms with Gasteiger partial charge in [0.15, 0.2) is 0 Å². The maximum absolute atomic E-state index is 4.50. The minimum atomic E-state index is 0.426. The van der Waals surface area contributed by atoms with Gasteiger partial charge in [-0.1, -0.05) is 19.8 Å². The predicted octanol–water partition coefficient (Wildman–Crippen LogP) is 3.06. The lowest BCUT2D eigenvalue weighted by Gasteiger charge is -2.11. The van der Waals surface area contributed by atoms with Crippen LogP contribution >= 0.6 is 0 Å². The molecular formula is C13H23N3. The van der Waals surface area contributed by atoms with Crippen LogP contribution in [0.1, 0.15) is 63.6 Å². The van der Waals surface area contributed by atoms with Gasteiger partial charge in [0.05, 0.1) is 12.2 Å². The summed E-state index contributed by atoms with van der Waals surface area (Å²) >= 11 is 0. The predicted molar refractivity (Wildman–Crippen MR) is 66.4 cm³/mol. The topological polar surface area (TPSA) is 29.9 Å². The van der Waals surface area contributed by atoms with Gasteiger partial charge in [0.1, 0.15) is 0 Å². The van der Waals surface area contributed by atoms with Gasteiger partial charge in [-0.15, -0.1) is 0 Å². The fourth-order valence-corrected chi connectivity index (χ4v) is 2.42. The third kappa shape index (κ3) is 2.64. The van der Waals surface area contributed by atoms with Crippen molar-refractivity contribution in [1.82, 2.24) is 15.1 Å². The van der Waals surface area contributed by atoms with Crippen LogP contribution in [0.5, 0.6) is 0 Å². The van der Waals surface area contributed by atoms with Crippen molar-refractivity contribution in [1.29, 1.82) is 0 Å². The summed E-state index contributed by atoms with van der Waals surface area (Å²) in [5.41, 5.74) is 1.32. The molecule has 3 nitrogen and oxygen atoms in total. The van der Waals surface area contributed by atoms with Crippen LogP contribution in [0.3, 0.4) is 0 Å². The molecule has 0 spiro atoms. The highest BCUT2D eigenvalue weighted by Crippen LogP contribution is 2.29. The molecule has 3 heteroatoms. The molecule has 1 aliphatic rings. The largest absolute Gasteiger partial charge is 0.310 e. The molecule has 0 bridgehead atoms. The Balaban J connectivity index is 1.95. The second-order valence-electron chi connectivity index (χ2n) is 4.87. The summed E-state index contributed by atoms with van der Waals surface area (Å²) in [5, 5.41) is 8.00. The van der Waals surface area contributed by atoms with Gasteiger partial charge in [0.2, 0.25) is 0 Å². The summed E-state index contributed by atoms with van der Waals surface area (Å²) in [7, 11) is 0. The summed E-state index contributed by atoms with van der Waals surface area (Å²) in [6, 6.07) is 1.09. The quantitative estimate of drug-likeness (QED) is 0.828. The van der Waals surface area contributed by atoms with Crippen molar-refractivity contribution in [2.24, 2.45) is 0 Å². The van der Waals surface area contributed by atoms with Crippen LogP contribution in [0.15, 0.2) is 12.4 Å². The van der Waals surface area contributed by atoms with Gasteiger partial charge in [-0.3, -0.25) is 4.68 Å². The molecule has 1 fully saturated rings. The Morgan fingerprint density at radius 3 is 2.94 bits per heavy atom. The van der Waals surface area contributed by atoms with E-state index in [1.165, 1.54) is 37.7 Å². The van der Waals surface area contributed by atoms with Crippen molar-refractivity contribution in [2.45, 2.75) is 58.0 Å². The zero-order chi connectivity index (χ0) is 11.4. The Labute approximate surface area is 98.2 Å². The number of hydrogen-bond donors (Lipinski definition) is 1. The highest BCUT2D eigenvalue weighted by atomic mass is 15.3. The van der Waals surface area contributed by atoms with E-state index in [0.717, 1.165) is 6.54 Å². The van der Waals surface area contributed by atoms with Gasteiger partial charge in [0, 0.05) is 17.8 Å². The van der Waals surface area contributed by atoms with E-state index in [1.807, 2.05) is 6.20 Å². The van der Waals surface area contributed by atoms with Gasteiger partial charge < -0.3 is 5.32 Å². The van der Waals surface area contributed by atoms with Crippen LogP contribution in [-0.4, -0.2) is 16.3 Å². The number of nitrogens with one attached hydrogen (secondary N) is 1. The Morgan fingerprint density at radius 1 is 1.50 bits per heavy atom. The van der Waals surface area contributed by atoms with Gasteiger partial charge in [-0.05, 0) is 32.7 Å². The van der Waals surface area contributed by atoms with Crippen molar-refractivity contribution < 1.29 is 0 Å². The summed E-state index contributed by atoms with van der Waals surface area (Å²) in [5.74, 6) is 0. The molecule has 0 aliphatic heterocycles. The van der Waals surface area contributed by atoms with E-state index in [-0.39, 0.29) is 0 Å². The molecule has 1 aliphatic carbocycles. The Kier molecular flexibility index (Phi) is 3.99. The molecular weight excluding hydrogens is 198 g/mol. The zero-order valence-corrected chi connectivity index (χ0v) is 10.4. The van der Waals surface area contributed by atoms with Crippen molar-refractivity contribution in [3.63, 3.8) is 0 Å². The van der Waals surface area contributed by atoms with E-state index in [0.29, 0.717) is 12.1 Å². The molecule has 1 aromatic rings. The van der Waals surface area contributed by atoms with Crippen LogP contribution in [-0.2, 0) is 0 Å². The molecule has 1 atom stereocenters. The van der Waals surface area contributed by atoms with E-state index >= 15 is 0 Å². The van der Waals surface area contributed by atoms with Gasteiger partial charge >= 0.3 is 0 Å². The van der Waals surface area contributed by atoms with Crippen LogP contribution in [0, 0.1) is 0 Å². The first-order chi connectivity index (χ1) is 7.81. The molecule has 1 unspecified atom stereocenters. The lowest BCUT2D eigenvalue weighted by Crippen LogP contribution is -2.18. The molecule has 1 N–H and O–H groups in total. The van der Waals surface area contributed by atoms with E-state index in [1.54, 1.807) is 0 Å². The summed E-state index contributed by atoms with van der Waals surface area (Å²) in [6.07, 6.45) is 10.8. The molecule has 90 valence electrons.